The first-order chi connectivity index (χ1) is 10.1. The lowest BCUT2D eigenvalue weighted by molar-refractivity contribution is -0.146. The predicted octanol–water partition coefficient (Wildman–Crippen LogP) is 4.51. The van der Waals surface area contributed by atoms with Gasteiger partial charge < -0.3 is 5.11 Å². The van der Waals surface area contributed by atoms with Crippen molar-refractivity contribution in [2.45, 2.75) is 57.5 Å². The topological polar surface area (TPSA) is 40.5 Å². The number of aliphatic carboxylic acids is 1. The van der Waals surface area contributed by atoms with Crippen LogP contribution in [0.15, 0.2) is 24.3 Å². The highest BCUT2D eigenvalue weighted by Crippen LogP contribution is 2.35. The Morgan fingerprint density at radius 3 is 2.86 bits per heavy atom. The van der Waals surface area contributed by atoms with Crippen LogP contribution in [-0.4, -0.2) is 28.6 Å². The van der Waals surface area contributed by atoms with Gasteiger partial charge in [0, 0.05) is 11.1 Å². The molecule has 2 rings (SSSR count). The number of carboxylic acid groups (broad SMARTS) is 1. The van der Waals surface area contributed by atoms with Crippen LogP contribution in [0, 0.1) is 0 Å². The van der Waals surface area contributed by atoms with Gasteiger partial charge in [0.05, 0.1) is 0 Å². The van der Waals surface area contributed by atoms with E-state index < -0.39 is 5.97 Å². The third-order valence-corrected chi connectivity index (χ3v) is 4.67. The first kappa shape index (κ1) is 16.3. The van der Waals surface area contributed by atoms with E-state index in [0.29, 0.717) is 0 Å². The lowest BCUT2D eigenvalue weighted by Gasteiger charge is -2.39. The number of carbonyl (C=O) groups is 1. The Balaban J connectivity index is 2.30. The van der Waals surface area contributed by atoms with Crippen LogP contribution >= 0.6 is 11.6 Å². The Bertz CT molecular complexity index is 478. The van der Waals surface area contributed by atoms with Gasteiger partial charge in [0.1, 0.15) is 6.04 Å². The van der Waals surface area contributed by atoms with Crippen molar-refractivity contribution in [1.29, 1.82) is 0 Å². The molecular formula is C17H24ClNO2. The highest BCUT2D eigenvalue weighted by atomic mass is 35.5. The van der Waals surface area contributed by atoms with E-state index in [1.807, 2.05) is 24.3 Å². The van der Waals surface area contributed by atoms with E-state index in [2.05, 4.69) is 11.8 Å². The highest BCUT2D eigenvalue weighted by Gasteiger charge is 2.34. The number of rotatable bonds is 6. The molecule has 1 N–H and O–H groups in total. The van der Waals surface area contributed by atoms with Crippen LogP contribution < -0.4 is 0 Å². The van der Waals surface area contributed by atoms with Crippen LogP contribution in [0.25, 0.3) is 0 Å². The van der Waals surface area contributed by atoms with Gasteiger partial charge >= 0.3 is 5.97 Å². The van der Waals surface area contributed by atoms with Gasteiger partial charge in [-0.15, -0.1) is 0 Å². The second-order valence-electron chi connectivity index (χ2n) is 5.77. The zero-order valence-electron chi connectivity index (χ0n) is 12.6. The summed E-state index contributed by atoms with van der Waals surface area (Å²) in [6, 6.07) is 7.58. The fourth-order valence-electron chi connectivity index (χ4n) is 3.23. The van der Waals surface area contributed by atoms with Gasteiger partial charge in [0.2, 0.25) is 0 Å². The highest BCUT2D eigenvalue weighted by molar-refractivity contribution is 6.31. The summed E-state index contributed by atoms with van der Waals surface area (Å²) in [6.07, 6.45) is 5.95. The molecule has 0 aliphatic carbocycles. The normalized spacial score (nSPS) is 21.1. The van der Waals surface area contributed by atoms with Gasteiger partial charge in [0.25, 0.3) is 0 Å². The largest absolute Gasteiger partial charge is 0.480 e. The molecule has 1 fully saturated rings. The van der Waals surface area contributed by atoms with Gasteiger partial charge in [-0.1, -0.05) is 56.0 Å². The fraction of sp³-hybridized carbons (Fsp3) is 0.588. The van der Waals surface area contributed by atoms with Crippen LogP contribution in [0.3, 0.4) is 0 Å². The molecule has 1 saturated heterocycles. The van der Waals surface area contributed by atoms with Crippen molar-refractivity contribution >= 4 is 17.6 Å². The molecular weight excluding hydrogens is 286 g/mol. The maximum atomic E-state index is 11.6. The third-order valence-electron chi connectivity index (χ3n) is 4.32. The number of nitrogens with zero attached hydrogens (tertiary/aromatic N) is 1. The minimum atomic E-state index is -0.705. The number of unbranched alkanes of at least 4 members (excludes halogenated alkanes) is 1. The fourth-order valence-corrected chi connectivity index (χ4v) is 3.50. The van der Waals surface area contributed by atoms with Gasteiger partial charge in [-0.25, -0.2) is 0 Å². The summed E-state index contributed by atoms with van der Waals surface area (Å²) in [5.74, 6) is -0.705. The number of benzene rings is 1. The lowest BCUT2D eigenvalue weighted by Crippen LogP contribution is -2.46. The predicted molar refractivity (Wildman–Crippen MR) is 85.7 cm³/mol. The van der Waals surface area contributed by atoms with Crippen LogP contribution in [0.2, 0.25) is 5.02 Å². The minimum Gasteiger partial charge on any atom is -0.480 e. The van der Waals surface area contributed by atoms with Crippen LogP contribution in [0.4, 0.5) is 0 Å². The average Bonchev–Trinajstić information content (AvgIpc) is 2.49. The van der Waals surface area contributed by atoms with E-state index in [9.17, 15) is 9.90 Å². The molecule has 0 bridgehead atoms. The maximum Gasteiger partial charge on any atom is 0.320 e. The molecule has 1 aliphatic heterocycles. The summed E-state index contributed by atoms with van der Waals surface area (Å²) >= 11 is 6.37. The molecule has 1 aliphatic rings. The molecule has 2 unspecified atom stereocenters. The number of piperidine rings is 1. The Kier molecular flexibility index (Phi) is 6.07. The zero-order chi connectivity index (χ0) is 15.2. The summed E-state index contributed by atoms with van der Waals surface area (Å²) in [7, 11) is 0. The Labute approximate surface area is 131 Å². The Hall–Kier alpha value is -1.06. The maximum absolute atomic E-state index is 11.6. The van der Waals surface area contributed by atoms with Crippen LogP contribution in [-0.2, 0) is 4.79 Å². The third kappa shape index (κ3) is 3.98. The molecule has 4 heteroatoms. The number of hydrogen-bond acceptors (Lipinski definition) is 2. The summed E-state index contributed by atoms with van der Waals surface area (Å²) in [4.78, 5) is 13.7. The van der Waals surface area contributed by atoms with Crippen LogP contribution in [0.1, 0.15) is 57.1 Å². The molecule has 1 aromatic carbocycles. The Morgan fingerprint density at radius 1 is 1.43 bits per heavy atom. The molecule has 2 atom stereocenters. The summed E-state index contributed by atoms with van der Waals surface area (Å²) in [6.45, 7) is 3.01. The van der Waals surface area contributed by atoms with Gasteiger partial charge in [-0.3, -0.25) is 9.69 Å². The summed E-state index contributed by atoms with van der Waals surface area (Å²) in [5.41, 5.74) is 1.07. The molecule has 1 heterocycles. The quantitative estimate of drug-likeness (QED) is 0.840. The monoisotopic (exact) mass is 309 g/mol. The molecule has 1 aromatic rings. The first-order valence-corrected chi connectivity index (χ1v) is 8.26. The molecule has 21 heavy (non-hydrogen) atoms. The van der Waals surface area contributed by atoms with Gasteiger partial charge in [-0.2, -0.15) is 0 Å². The van der Waals surface area contributed by atoms with Gasteiger partial charge in [0.15, 0.2) is 0 Å². The standard InChI is InChI=1S/C17H24ClNO2/c1-2-3-10-15(13-8-4-5-9-14(13)18)19-12-7-6-11-16(19)17(20)21/h4-5,8-9,15-16H,2-3,6-7,10-12H2,1H3,(H,20,21). The minimum absolute atomic E-state index is 0.111. The molecule has 0 radical (unpaired) electrons. The van der Waals surface area contributed by atoms with E-state index in [1.54, 1.807) is 0 Å². The van der Waals surface area contributed by atoms with E-state index in [-0.39, 0.29) is 12.1 Å². The number of likely N-dealkylation sites (tertiary alicyclic amines) is 1. The molecule has 0 amide bonds. The molecule has 0 spiro atoms. The van der Waals surface area contributed by atoms with Crippen molar-refractivity contribution in [2.24, 2.45) is 0 Å². The zero-order valence-corrected chi connectivity index (χ0v) is 13.4. The number of carboxylic acids is 1. The van der Waals surface area contributed by atoms with E-state index >= 15 is 0 Å². The summed E-state index contributed by atoms with van der Waals surface area (Å²) < 4.78 is 0. The molecule has 0 saturated carbocycles. The van der Waals surface area contributed by atoms with Gasteiger partial charge in [-0.05, 0) is 37.4 Å². The molecule has 116 valence electrons. The molecule has 0 aromatic heterocycles. The van der Waals surface area contributed by atoms with Crippen molar-refractivity contribution < 1.29 is 9.90 Å². The SMILES string of the molecule is CCCCC(c1ccccc1Cl)N1CCCCC1C(=O)O. The van der Waals surface area contributed by atoms with Crippen molar-refractivity contribution in [3.8, 4) is 0 Å². The van der Waals surface area contributed by atoms with Crippen molar-refractivity contribution in [3.05, 3.63) is 34.9 Å². The Morgan fingerprint density at radius 2 is 2.19 bits per heavy atom. The van der Waals surface area contributed by atoms with E-state index in [0.717, 1.165) is 55.7 Å². The first-order valence-electron chi connectivity index (χ1n) is 7.88. The number of halogens is 1. The van der Waals surface area contributed by atoms with Crippen molar-refractivity contribution in [1.82, 2.24) is 4.90 Å². The number of hydrogen-bond donors (Lipinski definition) is 1. The second kappa shape index (κ2) is 7.81. The smallest absolute Gasteiger partial charge is 0.320 e. The van der Waals surface area contributed by atoms with Crippen LogP contribution in [0.5, 0.6) is 0 Å². The second-order valence-corrected chi connectivity index (χ2v) is 6.17. The lowest BCUT2D eigenvalue weighted by atomic mass is 9.93. The molecule has 3 nitrogen and oxygen atoms in total. The van der Waals surface area contributed by atoms with Crippen molar-refractivity contribution in [2.75, 3.05) is 6.54 Å². The van der Waals surface area contributed by atoms with Crippen molar-refractivity contribution in [3.63, 3.8) is 0 Å². The average molecular weight is 310 g/mol. The summed E-state index contributed by atoms with van der Waals surface area (Å²) in [5, 5.41) is 10.3. The van der Waals surface area contributed by atoms with E-state index in [4.69, 9.17) is 11.6 Å². The van der Waals surface area contributed by atoms with E-state index in [1.165, 1.54) is 0 Å².